The van der Waals surface area contributed by atoms with Gasteiger partial charge >= 0.3 is 6.03 Å². The van der Waals surface area contributed by atoms with Gasteiger partial charge in [-0.1, -0.05) is 30.3 Å². The van der Waals surface area contributed by atoms with E-state index in [-0.39, 0.29) is 18.1 Å². The molecule has 1 saturated heterocycles. The van der Waals surface area contributed by atoms with E-state index in [2.05, 4.69) is 26.5 Å². The van der Waals surface area contributed by atoms with Crippen molar-refractivity contribution in [3.63, 3.8) is 0 Å². The van der Waals surface area contributed by atoms with E-state index in [0.29, 0.717) is 37.7 Å². The Morgan fingerprint density at radius 3 is 2.53 bits per heavy atom. The van der Waals surface area contributed by atoms with E-state index in [9.17, 15) is 14.4 Å². The van der Waals surface area contributed by atoms with Gasteiger partial charge in [0, 0.05) is 25.0 Å². The fraction of sp³-hybridized carbons (Fsp3) is 0.259. The third-order valence-corrected chi connectivity index (χ3v) is 6.37. The molecule has 0 radical (unpaired) electrons. The highest BCUT2D eigenvalue weighted by Gasteiger charge is 2.30. The Morgan fingerprint density at radius 1 is 1.00 bits per heavy atom. The Kier molecular flexibility index (Phi) is 7.36. The third kappa shape index (κ3) is 5.52. The van der Waals surface area contributed by atoms with Gasteiger partial charge in [-0.25, -0.2) is 15.2 Å². The van der Waals surface area contributed by atoms with E-state index in [1.165, 1.54) is 0 Å². The standard InChI is InChI=1S/C27H29N7O4/c1-18-15-23(33-11-13-38-14-12-33)24(28-16-18)26(36)31-32-27(37)30-21-17-34(19-7-3-2-4-8-19)22-10-6-5-9-20(22)29-25(21)35/h2-10,15-16,21H,11-14,17H2,1H3,(H,29,35)(H,31,36)(H2,30,32,37)/t21-/m0/s1. The van der Waals surface area contributed by atoms with Gasteiger partial charge < -0.3 is 25.2 Å². The van der Waals surface area contributed by atoms with Crippen molar-refractivity contribution in [1.82, 2.24) is 21.2 Å². The van der Waals surface area contributed by atoms with Crippen molar-refractivity contribution in [3.8, 4) is 0 Å². The minimum atomic E-state index is -0.902. The van der Waals surface area contributed by atoms with Crippen molar-refractivity contribution in [2.24, 2.45) is 0 Å². The molecule has 2 aliphatic heterocycles. The van der Waals surface area contributed by atoms with Gasteiger partial charge in [-0.2, -0.15) is 0 Å². The zero-order chi connectivity index (χ0) is 26.5. The molecule has 0 aliphatic carbocycles. The van der Waals surface area contributed by atoms with E-state index in [0.717, 1.165) is 16.9 Å². The largest absolute Gasteiger partial charge is 0.378 e. The number of rotatable bonds is 4. The lowest BCUT2D eigenvalue weighted by Gasteiger charge is -2.30. The Balaban J connectivity index is 1.27. The van der Waals surface area contributed by atoms with Gasteiger partial charge in [-0.05, 0) is 42.8 Å². The highest BCUT2D eigenvalue weighted by Crippen LogP contribution is 2.34. The fourth-order valence-electron chi connectivity index (χ4n) is 4.50. The molecule has 196 valence electrons. The zero-order valence-electron chi connectivity index (χ0n) is 20.9. The molecule has 2 aromatic carbocycles. The molecule has 1 fully saturated rings. The zero-order valence-corrected chi connectivity index (χ0v) is 20.9. The molecule has 38 heavy (non-hydrogen) atoms. The molecule has 0 unspecified atom stereocenters. The van der Waals surface area contributed by atoms with E-state index in [4.69, 9.17) is 4.74 Å². The third-order valence-electron chi connectivity index (χ3n) is 6.37. The lowest BCUT2D eigenvalue weighted by atomic mass is 10.2. The number of pyridine rings is 1. The number of amides is 4. The summed E-state index contributed by atoms with van der Waals surface area (Å²) in [6.07, 6.45) is 1.60. The van der Waals surface area contributed by atoms with Crippen LogP contribution in [0.25, 0.3) is 0 Å². The maximum absolute atomic E-state index is 13.0. The molecule has 11 heteroatoms. The molecule has 4 N–H and O–H groups in total. The SMILES string of the molecule is Cc1cnc(C(=O)NNC(=O)N[C@H]2CN(c3ccccc3)c3ccccc3NC2=O)c(N2CCOCC2)c1. The number of fused-ring (bicyclic) bond motifs is 1. The summed E-state index contributed by atoms with van der Waals surface area (Å²) in [7, 11) is 0. The number of urea groups is 1. The molecule has 2 aliphatic rings. The number of aromatic nitrogens is 1. The number of hydrogen-bond donors (Lipinski definition) is 4. The van der Waals surface area contributed by atoms with Crippen LogP contribution in [0.1, 0.15) is 16.1 Å². The summed E-state index contributed by atoms with van der Waals surface area (Å²) in [6.45, 7) is 4.48. The maximum atomic E-state index is 13.0. The van der Waals surface area contributed by atoms with E-state index >= 15 is 0 Å². The number of carbonyl (C=O) groups excluding carboxylic acids is 3. The van der Waals surface area contributed by atoms with Crippen LogP contribution >= 0.6 is 0 Å². The Bertz CT molecular complexity index is 1330. The number of para-hydroxylation sites is 3. The molecule has 0 spiro atoms. The molecular formula is C27H29N7O4. The second-order valence-electron chi connectivity index (χ2n) is 9.04. The molecule has 3 heterocycles. The Labute approximate surface area is 220 Å². The number of hydrogen-bond acceptors (Lipinski definition) is 7. The van der Waals surface area contributed by atoms with Crippen LogP contribution in [0.15, 0.2) is 66.9 Å². The van der Waals surface area contributed by atoms with Crippen molar-refractivity contribution >= 4 is 40.6 Å². The molecule has 3 aromatic rings. The predicted octanol–water partition coefficient (Wildman–Crippen LogP) is 2.33. The molecule has 1 aromatic heterocycles. The summed E-state index contributed by atoms with van der Waals surface area (Å²) in [5.74, 6) is -0.933. The smallest absolute Gasteiger partial charge is 0.334 e. The Hall–Kier alpha value is -4.64. The topological polar surface area (TPSA) is 128 Å². The molecule has 0 saturated carbocycles. The average Bonchev–Trinajstić information content (AvgIpc) is 3.08. The number of nitrogens with one attached hydrogen (secondary N) is 4. The molecule has 11 nitrogen and oxygen atoms in total. The average molecular weight is 516 g/mol. The number of anilines is 4. The maximum Gasteiger partial charge on any atom is 0.334 e. The molecule has 1 atom stereocenters. The first-order valence-corrected chi connectivity index (χ1v) is 12.4. The van der Waals surface area contributed by atoms with Gasteiger partial charge in [0.1, 0.15) is 6.04 Å². The van der Waals surface area contributed by atoms with Gasteiger partial charge in [-0.3, -0.25) is 15.0 Å². The van der Waals surface area contributed by atoms with E-state index in [1.807, 2.05) is 77.4 Å². The second kappa shape index (κ2) is 11.2. The lowest BCUT2D eigenvalue weighted by Crippen LogP contribution is -2.55. The van der Waals surface area contributed by atoms with Crippen molar-refractivity contribution < 1.29 is 19.1 Å². The monoisotopic (exact) mass is 515 g/mol. The van der Waals surface area contributed by atoms with Crippen molar-refractivity contribution in [2.75, 3.05) is 48.0 Å². The minimum absolute atomic E-state index is 0.189. The van der Waals surface area contributed by atoms with Gasteiger partial charge in [0.2, 0.25) is 5.91 Å². The summed E-state index contributed by atoms with van der Waals surface area (Å²) in [6, 6.07) is 17.3. The number of nitrogens with zero attached hydrogens (tertiary/aromatic N) is 3. The van der Waals surface area contributed by atoms with Crippen LogP contribution in [0.2, 0.25) is 0 Å². The number of ether oxygens (including phenoxy) is 1. The predicted molar refractivity (Wildman–Crippen MR) is 143 cm³/mol. The number of hydrazine groups is 1. The van der Waals surface area contributed by atoms with E-state index in [1.54, 1.807) is 6.20 Å². The number of morpholine rings is 1. The molecule has 0 bridgehead atoms. The highest BCUT2D eigenvalue weighted by molar-refractivity contribution is 6.03. The van der Waals surface area contributed by atoms with Crippen molar-refractivity contribution in [3.05, 3.63) is 78.1 Å². The summed E-state index contributed by atoms with van der Waals surface area (Å²) in [5, 5.41) is 5.55. The molecule has 4 amide bonds. The number of carbonyl (C=O) groups is 3. The van der Waals surface area contributed by atoms with Crippen LogP contribution in [-0.2, 0) is 9.53 Å². The molecule has 5 rings (SSSR count). The van der Waals surface area contributed by atoms with Crippen LogP contribution in [0.3, 0.4) is 0 Å². The molecular weight excluding hydrogens is 486 g/mol. The van der Waals surface area contributed by atoms with Gasteiger partial charge in [0.15, 0.2) is 5.69 Å². The highest BCUT2D eigenvalue weighted by atomic mass is 16.5. The van der Waals surface area contributed by atoms with Gasteiger partial charge in [0.25, 0.3) is 5.91 Å². The number of aryl methyl sites for hydroxylation is 1. The van der Waals surface area contributed by atoms with E-state index < -0.39 is 18.0 Å². The second-order valence-corrected chi connectivity index (χ2v) is 9.04. The van der Waals surface area contributed by atoms with Crippen LogP contribution in [-0.4, -0.2) is 61.7 Å². The van der Waals surface area contributed by atoms with Crippen LogP contribution in [0.4, 0.5) is 27.5 Å². The van der Waals surface area contributed by atoms with Gasteiger partial charge in [0.05, 0.1) is 36.8 Å². The first-order valence-electron chi connectivity index (χ1n) is 12.4. The summed E-state index contributed by atoms with van der Waals surface area (Å²) < 4.78 is 5.41. The first kappa shape index (κ1) is 25.0. The fourth-order valence-corrected chi connectivity index (χ4v) is 4.50. The minimum Gasteiger partial charge on any atom is -0.378 e. The number of benzene rings is 2. The van der Waals surface area contributed by atoms with Crippen LogP contribution in [0, 0.1) is 6.92 Å². The first-order chi connectivity index (χ1) is 18.5. The van der Waals surface area contributed by atoms with Gasteiger partial charge in [-0.15, -0.1) is 0 Å². The van der Waals surface area contributed by atoms with Crippen molar-refractivity contribution in [2.45, 2.75) is 13.0 Å². The quantitative estimate of drug-likeness (QED) is 0.393. The normalized spacial score (nSPS) is 17.1. The summed E-state index contributed by atoms with van der Waals surface area (Å²) >= 11 is 0. The van der Waals surface area contributed by atoms with Crippen molar-refractivity contribution in [1.29, 1.82) is 0 Å². The summed E-state index contributed by atoms with van der Waals surface area (Å²) in [5.41, 5.74) is 8.87. The lowest BCUT2D eigenvalue weighted by molar-refractivity contribution is -0.117. The van der Waals surface area contributed by atoms with Crippen LogP contribution in [0.5, 0.6) is 0 Å². The Morgan fingerprint density at radius 2 is 1.74 bits per heavy atom. The van der Waals surface area contributed by atoms with Crippen LogP contribution < -0.4 is 31.3 Å². The summed E-state index contributed by atoms with van der Waals surface area (Å²) in [4.78, 5) is 47.0.